The summed E-state index contributed by atoms with van der Waals surface area (Å²) in [6, 6.07) is 15.2. The Balaban J connectivity index is 1.52. The predicted molar refractivity (Wildman–Crippen MR) is 122 cm³/mol. The average molecular weight is 409 g/mol. The van der Waals surface area contributed by atoms with Crippen molar-refractivity contribution in [1.82, 2.24) is 10.6 Å². The summed E-state index contributed by atoms with van der Waals surface area (Å²) in [5, 5.41) is 8.54. The fourth-order valence-corrected chi connectivity index (χ4v) is 3.56. The van der Waals surface area contributed by atoms with Crippen LogP contribution in [0.3, 0.4) is 0 Å². The molecule has 6 heteroatoms. The van der Waals surface area contributed by atoms with Crippen LogP contribution < -0.4 is 20.9 Å². The van der Waals surface area contributed by atoms with Gasteiger partial charge in [-0.25, -0.2) is 4.79 Å². The van der Waals surface area contributed by atoms with Crippen LogP contribution in [-0.4, -0.2) is 31.1 Å². The zero-order valence-corrected chi connectivity index (χ0v) is 17.9. The maximum Gasteiger partial charge on any atom is 0.315 e. The van der Waals surface area contributed by atoms with Crippen molar-refractivity contribution in [3.63, 3.8) is 0 Å². The highest BCUT2D eigenvalue weighted by molar-refractivity contribution is 6.04. The van der Waals surface area contributed by atoms with Crippen LogP contribution in [0, 0.1) is 0 Å². The lowest BCUT2D eigenvalue weighted by molar-refractivity contribution is 0.102. The van der Waals surface area contributed by atoms with Crippen LogP contribution in [0.4, 0.5) is 16.2 Å². The van der Waals surface area contributed by atoms with E-state index in [-0.39, 0.29) is 18.0 Å². The van der Waals surface area contributed by atoms with Gasteiger partial charge >= 0.3 is 6.03 Å². The molecular weight excluding hydrogens is 376 g/mol. The summed E-state index contributed by atoms with van der Waals surface area (Å²) in [5.74, 6) is -0.144. The smallest absolute Gasteiger partial charge is 0.315 e. The first kappa shape index (κ1) is 21.7. The highest BCUT2D eigenvalue weighted by Crippen LogP contribution is 2.22. The molecule has 1 heterocycles. The molecule has 1 aliphatic rings. The fraction of sp³-hybridized carbons (Fsp3) is 0.417. The third kappa shape index (κ3) is 6.51. The SMILES string of the molecule is CC(C)NC(=O)NCc1ccc(C(=O)Nc2ccc(N3CCCCCC3)cc2)cc1. The van der Waals surface area contributed by atoms with Crippen molar-refractivity contribution in [2.75, 3.05) is 23.3 Å². The lowest BCUT2D eigenvalue weighted by Crippen LogP contribution is -2.39. The van der Waals surface area contributed by atoms with Crippen molar-refractivity contribution >= 4 is 23.3 Å². The van der Waals surface area contributed by atoms with Crippen molar-refractivity contribution < 1.29 is 9.59 Å². The lowest BCUT2D eigenvalue weighted by atomic mass is 10.1. The first-order chi connectivity index (χ1) is 14.5. The summed E-state index contributed by atoms with van der Waals surface area (Å²) in [4.78, 5) is 26.6. The minimum atomic E-state index is -0.199. The summed E-state index contributed by atoms with van der Waals surface area (Å²) < 4.78 is 0. The molecule has 0 bridgehead atoms. The molecule has 160 valence electrons. The average Bonchev–Trinajstić information content (AvgIpc) is 3.02. The molecule has 0 radical (unpaired) electrons. The summed E-state index contributed by atoms with van der Waals surface area (Å²) in [6.45, 7) is 6.45. The van der Waals surface area contributed by atoms with Gasteiger partial charge in [-0.2, -0.15) is 0 Å². The maximum absolute atomic E-state index is 12.5. The predicted octanol–water partition coefficient (Wildman–Crippen LogP) is 4.53. The minimum Gasteiger partial charge on any atom is -0.372 e. The number of nitrogens with zero attached hydrogens (tertiary/aromatic N) is 1. The van der Waals surface area contributed by atoms with Crippen molar-refractivity contribution in [1.29, 1.82) is 0 Å². The topological polar surface area (TPSA) is 73.5 Å². The zero-order valence-electron chi connectivity index (χ0n) is 17.9. The number of hydrogen-bond acceptors (Lipinski definition) is 3. The summed E-state index contributed by atoms with van der Waals surface area (Å²) >= 11 is 0. The van der Waals surface area contributed by atoms with Crippen molar-refractivity contribution in [3.05, 3.63) is 59.7 Å². The molecule has 30 heavy (non-hydrogen) atoms. The first-order valence-electron chi connectivity index (χ1n) is 10.8. The Labute approximate surface area is 179 Å². The van der Waals surface area contributed by atoms with Crippen molar-refractivity contribution in [2.24, 2.45) is 0 Å². The standard InChI is InChI=1S/C24H32N4O2/c1-18(2)26-24(30)25-17-19-7-9-20(10-8-19)23(29)27-21-11-13-22(14-12-21)28-15-5-3-4-6-16-28/h7-14,18H,3-6,15-17H2,1-2H3,(H,27,29)(H2,25,26,30). The lowest BCUT2D eigenvalue weighted by Gasteiger charge is -2.22. The van der Waals surface area contributed by atoms with Gasteiger partial charge in [0.25, 0.3) is 5.91 Å². The van der Waals surface area contributed by atoms with Gasteiger partial charge in [-0.1, -0.05) is 25.0 Å². The number of amides is 3. The quantitative estimate of drug-likeness (QED) is 0.658. The van der Waals surface area contributed by atoms with Gasteiger partial charge < -0.3 is 20.9 Å². The van der Waals surface area contributed by atoms with Crippen LogP contribution in [0.25, 0.3) is 0 Å². The van der Waals surface area contributed by atoms with Gasteiger partial charge in [0.05, 0.1) is 0 Å². The van der Waals surface area contributed by atoms with E-state index >= 15 is 0 Å². The highest BCUT2D eigenvalue weighted by atomic mass is 16.2. The Hall–Kier alpha value is -3.02. The third-order valence-corrected chi connectivity index (χ3v) is 5.19. The van der Waals surface area contributed by atoms with E-state index in [1.807, 2.05) is 38.1 Å². The van der Waals surface area contributed by atoms with Crippen LogP contribution in [-0.2, 0) is 6.54 Å². The molecule has 0 atom stereocenters. The Bertz CT molecular complexity index is 823. The second kappa shape index (κ2) is 10.7. The molecule has 0 aliphatic carbocycles. The second-order valence-corrected chi connectivity index (χ2v) is 8.08. The molecule has 1 fully saturated rings. The molecule has 0 spiro atoms. The van der Waals surface area contributed by atoms with Crippen LogP contribution in [0.5, 0.6) is 0 Å². The number of nitrogens with one attached hydrogen (secondary N) is 3. The molecule has 2 aromatic carbocycles. The van der Waals surface area contributed by atoms with E-state index in [1.54, 1.807) is 12.1 Å². The largest absolute Gasteiger partial charge is 0.372 e. The van der Waals surface area contributed by atoms with Crippen molar-refractivity contribution in [3.8, 4) is 0 Å². The first-order valence-corrected chi connectivity index (χ1v) is 10.8. The molecule has 1 aliphatic heterocycles. The van der Waals surface area contributed by atoms with Gasteiger partial charge in [0.15, 0.2) is 0 Å². The minimum absolute atomic E-state index is 0.0921. The fourth-order valence-electron chi connectivity index (χ4n) is 3.56. The van der Waals surface area contributed by atoms with Crippen LogP contribution in [0.15, 0.2) is 48.5 Å². The summed E-state index contributed by atoms with van der Waals surface area (Å²) in [6.07, 6.45) is 5.11. The van der Waals surface area contributed by atoms with Crippen LogP contribution in [0.1, 0.15) is 55.5 Å². The number of carbonyl (C=O) groups is 2. The molecule has 3 rings (SSSR count). The van der Waals surface area contributed by atoms with Crippen LogP contribution in [0.2, 0.25) is 0 Å². The molecule has 3 amide bonds. The number of urea groups is 1. The van der Waals surface area contributed by atoms with Crippen molar-refractivity contribution in [2.45, 2.75) is 52.1 Å². The maximum atomic E-state index is 12.5. The third-order valence-electron chi connectivity index (χ3n) is 5.19. The van der Waals surface area contributed by atoms with E-state index in [4.69, 9.17) is 0 Å². The van der Waals surface area contributed by atoms with Gasteiger partial charge in [0.2, 0.25) is 0 Å². The Morgan fingerprint density at radius 3 is 2.13 bits per heavy atom. The number of rotatable bonds is 6. The molecular formula is C24H32N4O2. The normalized spacial score (nSPS) is 14.2. The van der Waals surface area contributed by atoms with E-state index < -0.39 is 0 Å². The second-order valence-electron chi connectivity index (χ2n) is 8.08. The molecule has 1 saturated heterocycles. The van der Waals surface area contributed by atoms with E-state index in [2.05, 4.69) is 33.0 Å². The number of carbonyl (C=O) groups excluding carboxylic acids is 2. The van der Waals surface area contributed by atoms with E-state index in [9.17, 15) is 9.59 Å². The molecule has 0 saturated carbocycles. The van der Waals surface area contributed by atoms with Gasteiger partial charge in [-0.05, 0) is 68.7 Å². The van der Waals surface area contributed by atoms with Gasteiger partial charge in [-0.15, -0.1) is 0 Å². The van der Waals surface area contributed by atoms with E-state index in [1.165, 1.54) is 31.4 Å². The van der Waals surface area contributed by atoms with Crippen LogP contribution >= 0.6 is 0 Å². The Morgan fingerprint density at radius 1 is 0.900 bits per heavy atom. The monoisotopic (exact) mass is 408 g/mol. The zero-order chi connectivity index (χ0) is 21.3. The van der Waals surface area contributed by atoms with E-state index in [0.717, 1.165) is 24.3 Å². The molecule has 0 unspecified atom stereocenters. The van der Waals surface area contributed by atoms with Gasteiger partial charge in [0.1, 0.15) is 0 Å². The van der Waals surface area contributed by atoms with E-state index in [0.29, 0.717) is 12.1 Å². The summed E-state index contributed by atoms with van der Waals surface area (Å²) in [7, 11) is 0. The van der Waals surface area contributed by atoms with Gasteiger partial charge in [-0.3, -0.25) is 4.79 Å². The Morgan fingerprint density at radius 2 is 1.53 bits per heavy atom. The molecule has 0 aromatic heterocycles. The molecule has 6 nitrogen and oxygen atoms in total. The number of anilines is 2. The molecule has 2 aromatic rings. The summed E-state index contributed by atoms with van der Waals surface area (Å²) in [5.41, 5.74) is 3.53. The number of hydrogen-bond donors (Lipinski definition) is 3. The highest BCUT2D eigenvalue weighted by Gasteiger charge is 2.11. The molecule has 3 N–H and O–H groups in total. The Kier molecular flexibility index (Phi) is 7.71. The van der Waals surface area contributed by atoms with Gasteiger partial charge in [0, 0.05) is 42.6 Å². The number of benzene rings is 2.